The first kappa shape index (κ1) is 28.8. The van der Waals surface area contributed by atoms with Crippen molar-refractivity contribution in [1.29, 1.82) is 0 Å². The van der Waals surface area contributed by atoms with Crippen molar-refractivity contribution < 1.29 is 13.5 Å². The third-order valence-corrected chi connectivity index (χ3v) is 6.24. The van der Waals surface area contributed by atoms with E-state index in [1.165, 1.54) is 22.9 Å². The molecule has 1 aromatic carbocycles. The molecule has 4 heterocycles. The average Bonchev–Trinajstić information content (AvgIpc) is 3.46. The topological polar surface area (TPSA) is 91.5 Å². The number of hydrogen-bond donors (Lipinski definition) is 0. The molecule has 4 aromatic rings. The van der Waals surface area contributed by atoms with Crippen LogP contribution in [0.1, 0.15) is 63.8 Å². The standard InChI is InChI=1S/C26H21F2N7O.2C2H6/c1-26(13-36-14-26)10-8-22-30-15-35(34-22)25-29-11-9-20(31-25)17-5-2-4-16-12-21(32-33-24(16)17)23-18(27)6-3-7-19(23)28;2*1-2/h3,5-12,15H,2,4,13-14H2,1H3;2*1-2H3/b10-8+;;. The molecule has 1 saturated heterocycles. The largest absolute Gasteiger partial charge is 0.379 e. The van der Waals surface area contributed by atoms with Gasteiger partial charge in [0, 0.05) is 17.2 Å². The van der Waals surface area contributed by atoms with Crippen LogP contribution in [0.2, 0.25) is 0 Å². The smallest absolute Gasteiger partial charge is 0.252 e. The minimum atomic E-state index is -0.673. The second kappa shape index (κ2) is 12.8. The number of hydrogen-bond acceptors (Lipinski definition) is 7. The lowest BCUT2D eigenvalue weighted by atomic mass is 9.88. The Balaban J connectivity index is 0.000000886. The maximum atomic E-state index is 14.3. The van der Waals surface area contributed by atoms with E-state index in [1.807, 2.05) is 39.8 Å². The summed E-state index contributed by atoms with van der Waals surface area (Å²) in [5, 5.41) is 12.9. The Morgan fingerprint density at radius 2 is 1.73 bits per heavy atom. The van der Waals surface area contributed by atoms with Gasteiger partial charge in [0.15, 0.2) is 5.82 Å². The molecule has 0 atom stereocenters. The maximum Gasteiger partial charge on any atom is 0.252 e. The van der Waals surface area contributed by atoms with E-state index in [0.717, 1.165) is 17.6 Å². The van der Waals surface area contributed by atoms with E-state index in [0.29, 0.717) is 42.8 Å². The summed E-state index contributed by atoms with van der Waals surface area (Å²) in [5.74, 6) is -0.427. The zero-order chi connectivity index (χ0) is 28.7. The quantitative estimate of drug-likeness (QED) is 0.292. The number of aryl methyl sites for hydroxylation is 1. The molecule has 3 aromatic heterocycles. The summed E-state index contributed by atoms with van der Waals surface area (Å²) >= 11 is 0. The highest BCUT2D eigenvalue weighted by Crippen LogP contribution is 2.32. The fourth-order valence-corrected chi connectivity index (χ4v) is 4.26. The number of nitrogens with zero attached hydrogens (tertiary/aromatic N) is 7. The predicted molar refractivity (Wildman–Crippen MR) is 150 cm³/mol. The molecule has 40 heavy (non-hydrogen) atoms. The van der Waals surface area contributed by atoms with Gasteiger partial charge in [0.25, 0.3) is 5.95 Å². The summed E-state index contributed by atoms with van der Waals surface area (Å²) in [6.07, 6.45) is 10.6. The fraction of sp³-hybridized carbons (Fsp3) is 0.333. The molecule has 1 fully saturated rings. The van der Waals surface area contributed by atoms with Crippen LogP contribution in [0.15, 0.2) is 55.0 Å². The summed E-state index contributed by atoms with van der Waals surface area (Å²) in [4.78, 5) is 13.3. The molecule has 208 valence electrons. The van der Waals surface area contributed by atoms with E-state index in [2.05, 4.69) is 43.2 Å². The van der Waals surface area contributed by atoms with E-state index in [-0.39, 0.29) is 16.7 Å². The van der Waals surface area contributed by atoms with Crippen molar-refractivity contribution in [2.45, 2.75) is 47.5 Å². The molecule has 8 nitrogen and oxygen atoms in total. The first-order valence-electron chi connectivity index (χ1n) is 13.5. The van der Waals surface area contributed by atoms with Crippen LogP contribution >= 0.6 is 0 Å². The highest BCUT2D eigenvalue weighted by atomic mass is 19.1. The summed E-state index contributed by atoms with van der Waals surface area (Å²) in [6.45, 7) is 11.5. The normalized spacial score (nSPS) is 15.1. The second-order valence-corrected chi connectivity index (χ2v) is 9.13. The van der Waals surface area contributed by atoms with Crippen LogP contribution in [0.3, 0.4) is 0 Å². The van der Waals surface area contributed by atoms with E-state index >= 15 is 0 Å². The lowest BCUT2D eigenvalue weighted by molar-refractivity contribution is -0.0703. The number of ether oxygens (including phenoxy) is 1. The van der Waals surface area contributed by atoms with Crippen LogP contribution in [0, 0.1) is 17.0 Å². The molecule has 0 N–H and O–H groups in total. The Labute approximate surface area is 232 Å². The van der Waals surface area contributed by atoms with Crippen LogP contribution in [0.4, 0.5) is 8.78 Å². The zero-order valence-electron chi connectivity index (χ0n) is 23.4. The highest BCUT2D eigenvalue weighted by molar-refractivity contribution is 5.79. The zero-order valence-corrected chi connectivity index (χ0v) is 23.4. The van der Waals surface area contributed by atoms with E-state index in [1.54, 1.807) is 24.7 Å². The van der Waals surface area contributed by atoms with Gasteiger partial charge in [-0.3, -0.25) is 0 Å². The van der Waals surface area contributed by atoms with Crippen molar-refractivity contribution >= 4 is 11.6 Å². The summed E-state index contributed by atoms with van der Waals surface area (Å²) in [7, 11) is 0. The molecule has 1 aliphatic heterocycles. The van der Waals surface area contributed by atoms with Crippen molar-refractivity contribution in [2.24, 2.45) is 5.41 Å². The van der Waals surface area contributed by atoms with E-state index in [4.69, 9.17) is 4.74 Å². The molecule has 0 radical (unpaired) electrons. The number of halogens is 2. The summed E-state index contributed by atoms with van der Waals surface area (Å²) in [5.41, 5.74) is 2.91. The van der Waals surface area contributed by atoms with Gasteiger partial charge in [-0.25, -0.2) is 23.7 Å². The Kier molecular flexibility index (Phi) is 9.21. The Morgan fingerprint density at radius 1 is 0.975 bits per heavy atom. The SMILES string of the molecule is CC.CC.CC1(/C=C/c2ncn(-c3nccc(C4=CCCc5cc(-c6c(F)cccc6F)nnc54)n3)n2)COC1. The molecule has 10 heteroatoms. The van der Waals surface area contributed by atoms with Gasteiger partial charge >= 0.3 is 0 Å². The summed E-state index contributed by atoms with van der Waals surface area (Å²) in [6, 6.07) is 7.22. The fourth-order valence-electron chi connectivity index (χ4n) is 4.26. The van der Waals surface area contributed by atoms with Crippen molar-refractivity contribution in [2.75, 3.05) is 13.2 Å². The van der Waals surface area contributed by atoms with Crippen molar-refractivity contribution in [1.82, 2.24) is 34.9 Å². The number of aromatic nitrogens is 7. The molecule has 1 aliphatic carbocycles. The van der Waals surface area contributed by atoms with Crippen LogP contribution in [-0.4, -0.2) is 48.1 Å². The van der Waals surface area contributed by atoms with Gasteiger partial charge in [-0.1, -0.05) is 52.8 Å². The van der Waals surface area contributed by atoms with Crippen LogP contribution in [-0.2, 0) is 11.2 Å². The van der Waals surface area contributed by atoms with E-state index < -0.39 is 11.6 Å². The maximum absolute atomic E-state index is 14.3. The van der Waals surface area contributed by atoms with E-state index in [9.17, 15) is 8.78 Å². The molecular formula is C30H33F2N7O. The molecule has 0 unspecified atom stereocenters. The molecule has 0 spiro atoms. The number of benzene rings is 1. The first-order chi connectivity index (χ1) is 19.5. The van der Waals surface area contributed by atoms with Crippen molar-refractivity contribution in [3.8, 4) is 17.2 Å². The lowest BCUT2D eigenvalue weighted by Gasteiger charge is -2.34. The number of fused-ring (bicyclic) bond motifs is 1. The van der Waals surface area contributed by atoms with Crippen LogP contribution in [0.5, 0.6) is 0 Å². The molecule has 0 amide bonds. The van der Waals surface area contributed by atoms with Gasteiger partial charge in [-0.15, -0.1) is 15.3 Å². The highest BCUT2D eigenvalue weighted by Gasteiger charge is 2.30. The van der Waals surface area contributed by atoms with Crippen molar-refractivity contribution in [3.63, 3.8) is 0 Å². The Bertz CT molecular complexity index is 1510. The molecule has 0 bridgehead atoms. The predicted octanol–water partition coefficient (Wildman–Crippen LogP) is 6.27. The van der Waals surface area contributed by atoms with Gasteiger partial charge in [0.1, 0.15) is 18.0 Å². The molecule has 2 aliphatic rings. The van der Waals surface area contributed by atoms with Gasteiger partial charge in [-0.2, -0.15) is 4.68 Å². The van der Waals surface area contributed by atoms with Crippen molar-refractivity contribution in [3.05, 3.63) is 89.4 Å². The average molecular weight is 546 g/mol. The Morgan fingerprint density at radius 3 is 2.42 bits per heavy atom. The van der Waals surface area contributed by atoms with Gasteiger partial charge in [0.05, 0.1) is 35.9 Å². The molecule has 6 rings (SSSR count). The summed E-state index contributed by atoms with van der Waals surface area (Å²) < 4.78 is 35.4. The van der Waals surface area contributed by atoms with Crippen LogP contribution in [0.25, 0.3) is 28.9 Å². The van der Waals surface area contributed by atoms with Gasteiger partial charge < -0.3 is 4.74 Å². The lowest BCUT2D eigenvalue weighted by Crippen LogP contribution is -2.37. The Hall–Kier alpha value is -4.18. The number of rotatable bonds is 5. The second-order valence-electron chi connectivity index (χ2n) is 9.13. The third-order valence-electron chi connectivity index (χ3n) is 6.24. The van der Waals surface area contributed by atoms with Gasteiger partial charge in [-0.05, 0) is 48.7 Å². The monoisotopic (exact) mass is 545 g/mol. The van der Waals surface area contributed by atoms with Crippen LogP contribution < -0.4 is 0 Å². The molecule has 0 saturated carbocycles. The van der Waals surface area contributed by atoms with Gasteiger partial charge in [0.2, 0.25) is 0 Å². The minimum Gasteiger partial charge on any atom is -0.379 e. The third kappa shape index (κ3) is 6.02. The minimum absolute atomic E-state index is 0.0156. The molecular weight excluding hydrogens is 512 g/mol. The first-order valence-corrected chi connectivity index (χ1v) is 13.5. The number of allylic oxidation sites excluding steroid dienone is 1.